The summed E-state index contributed by atoms with van der Waals surface area (Å²) in [6.07, 6.45) is 4.32. The normalized spacial score (nSPS) is 14.4. The molecule has 98 valence electrons. The maximum Gasteiger partial charge on any atom is 0.143 e. The lowest BCUT2D eigenvalue weighted by atomic mass is 10.2. The van der Waals surface area contributed by atoms with E-state index in [1.807, 2.05) is 36.5 Å². The third-order valence-electron chi connectivity index (χ3n) is 3.30. The van der Waals surface area contributed by atoms with Gasteiger partial charge in [-0.05, 0) is 58.6 Å². The van der Waals surface area contributed by atoms with Gasteiger partial charge in [0.25, 0.3) is 0 Å². The molecule has 1 fully saturated rings. The van der Waals surface area contributed by atoms with Crippen LogP contribution in [0.4, 0.5) is 11.5 Å². The van der Waals surface area contributed by atoms with Gasteiger partial charge < -0.3 is 10.6 Å². The van der Waals surface area contributed by atoms with Crippen LogP contribution >= 0.6 is 15.9 Å². The van der Waals surface area contributed by atoms with Gasteiger partial charge in [-0.3, -0.25) is 0 Å². The highest BCUT2D eigenvalue weighted by molar-refractivity contribution is 9.10. The van der Waals surface area contributed by atoms with Crippen molar-refractivity contribution in [1.29, 1.82) is 0 Å². The quantitative estimate of drug-likeness (QED) is 0.876. The summed E-state index contributed by atoms with van der Waals surface area (Å²) in [5, 5.41) is 0. The van der Waals surface area contributed by atoms with Crippen molar-refractivity contribution in [2.75, 3.05) is 10.6 Å². The van der Waals surface area contributed by atoms with Crippen LogP contribution in [-0.4, -0.2) is 11.0 Å². The summed E-state index contributed by atoms with van der Waals surface area (Å²) in [6, 6.07) is 12.7. The zero-order valence-electron chi connectivity index (χ0n) is 10.6. The van der Waals surface area contributed by atoms with E-state index < -0.39 is 0 Å². The number of pyridine rings is 1. The maximum absolute atomic E-state index is 5.85. The van der Waals surface area contributed by atoms with Gasteiger partial charge in [-0.1, -0.05) is 12.1 Å². The Kier molecular flexibility index (Phi) is 3.42. The predicted molar refractivity (Wildman–Crippen MR) is 82.0 cm³/mol. The summed E-state index contributed by atoms with van der Waals surface area (Å²) in [4.78, 5) is 6.87. The highest BCUT2D eigenvalue weighted by Gasteiger charge is 2.31. The Morgan fingerprint density at radius 2 is 2.11 bits per heavy atom. The molecule has 1 saturated carbocycles. The van der Waals surface area contributed by atoms with Crippen LogP contribution < -0.4 is 10.6 Å². The molecule has 0 atom stereocenters. The zero-order valence-corrected chi connectivity index (χ0v) is 12.2. The van der Waals surface area contributed by atoms with Crippen LogP contribution in [0.1, 0.15) is 18.4 Å². The molecule has 0 aliphatic heterocycles. The minimum atomic E-state index is 0.604. The molecule has 1 aromatic carbocycles. The van der Waals surface area contributed by atoms with Gasteiger partial charge in [0.1, 0.15) is 5.82 Å². The minimum absolute atomic E-state index is 0.604. The van der Waals surface area contributed by atoms with Crippen LogP contribution in [0.3, 0.4) is 0 Å². The van der Waals surface area contributed by atoms with Crippen LogP contribution in [0, 0.1) is 0 Å². The van der Waals surface area contributed by atoms with Crippen LogP contribution in [0.5, 0.6) is 0 Å². The number of halogens is 1. The monoisotopic (exact) mass is 317 g/mol. The van der Waals surface area contributed by atoms with E-state index >= 15 is 0 Å². The van der Waals surface area contributed by atoms with Gasteiger partial charge in [0.05, 0.1) is 4.47 Å². The molecule has 1 aliphatic rings. The van der Waals surface area contributed by atoms with Crippen molar-refractivity contribution < 1.29 is 0 Å². The smallest absolute Gasteiger partial charge is 0.143 e. The fourth-order valence-electron chi connectivity index (χ4n) is 2.24. The Hall–Kier alpha value is -1.55. The molecule has 0 unspecified atom stereocenters. The first-order valence-corrected chi connectivity index (χ1v) is 7.25. The molecule has 1 heterocycles. The lowest BCUT2D eigenvalue weighted by Gasteiger charge is -2.24. The molecule has 1 aliphatic carbocycles. The van der Waals surface area contributed by atoms with E-state index in [1.165, 1.54) is 18.4 Å². The molecule has 1 aromatic heterocycles. The van der Waals surface area contributed by atoms with Crippen molar-refractivity contribution in [2.24, 2.45) is 0 Å². The summed E-state index contributed by atoms with van der Waals surface area (Å²) in [5.74, 6) is 1.02. The Labute approximate surface area is 121 Å². The first-order chi connectivity index (χ1) is 9.24. The van der Waals surface area contributed by atoms with Gasteiger partial charge >= 0.3 is 0 Å². The summed E-state index contributed by atoms with van der Waals surface area (Å²) in [6.45, 7) is 0.852. The molecule has 19 heavy (non-hydrogen) atoms. The number of nitrogen functional groups attached to an aromatic ring is 1. The molecule has 3 nitrogen and oxygen atoms in total. The molecular weight excluding hydrogens is 302 g/mol. The zero-order chi connectivity index (χ0) is 13.2. The Balaban J connectivity index is 1.88. The van der Waals surface area contributed by atoms with E-state index in [4.69, 9.17) is 5.73 Å². The summed E-state index contributed by atoms with van der Waals surface area (Å²) in [7, 11) is 0. The van der Waals surface area contributed by atoms with E-state index in [0.717, 1.165) is 22.5 Å². The Morgan fingerprint density at radius 1 is 1.26 bits per heavy atom. The number of nitrogens with two attached hydrogens (primary N) is 1. The molecular formula is C15H16BrN3. The Bertz CT molecular complexity index is 581. The largest absolute Gasteiger partial charge is 0.399 e. The maximum atomic E-state index is 5.85. The first kappa shape index (κ1) is 12.5. The second-order valence-corrected chi connectivity index (χ2v) is 5.77. The van der Waals surface area contributed by atoms with E-state index in [9.17, 15) is 0 Å². The van der Waals surface area contributed by atoms with Gasteiger partial charge in [-0.25, -0.2) is 4.98 Å². The van der Waals surface area contributed by atoms with Crippen molar-refractivity contribution in [3.05, 3.63) is 52.6 Å². The minimum Gasteiger partial charge on any atom is -0.399 e. The van der Waals surface area contributed by atoms with Crippen LogP contribution in [0.2, 0.25) is 0 Å². The number of rotatable bonds is 4. The van der Waals surface area contributed by atoms with Crippen LogP contribution in [0.25, 0.3) is 0 Å². The molecule has 0 bridgehead atoms. The molecule has 4 heteroatoms. The van der Waals surface area contributed by atoms with Crippen molar-refractivity contribution in [1.82, 2.24) is 4.98 Å². The van der Waals surface area contributed by atoms with Crippen molar-refractivity contribution in [2.45, 2.75) is 25.4 Å². The standard InChI is InChI=1S/C15H16BrN3/c16-14-5-2-8-18-15(14)19(13-6-7-13)10-11-3-1-4-12(17)9-11/h1-5,8-9,13H,6-7,10,17H2. The topological polar surface area (TPSA) is 42.1 Å². The van der Waals surface area contributed by atoms with E-state index in [1.54, 1.807) is 0 Å². The number of hydrogen-bond acceptors (Lipinski definition) is 3. The summed E-state index contributed by atoms with van der Waals surface area (Å²) >= 11 is 3.59. The SMILES string of the molecule is Nc1cccc(CN(c2ncccc2Br)C2CC2)c1. The third kappa shape index (κ3) is 2.89. The lowest BCUT2D eigenvalue weighted by Crippen LogP contribution is -2.26. The van der Waals surface area contributed by atoms with Crippen molar-refractivity contribution in [3.8, 4) is 0 Å². The fraction of sp³-hybridized carbons (Fsp3) is 0.267. The molecule has 0 saturated heterocycles. The van der Waals surface area contributed by atoms with Crippen LogP contribution in [-0.2, 0) is 6.54 Å². The number of aromatic nitrogens is 1. The molecule has 0 spiro atoms. The molecule has 2 aromatic rings. The average molecular weight is 318 g/mol. The predicted octanol–water partition coefficient (Wildman–Crippen LogP) is 3.60. The van der Waals surface area contributed by atoms with Gasteiger partial charge in [-0.15, -0.1) is 0 Å². The first-order valence-electron chi connectivity index (χ1n) is 6.45. The fourth-order valence-corrected chi connectivity index (χ4v) is 2.72. The highest BCUT2D eigenvalue weighted by Crippen LogP contribution is 2.35. The number of benzene rings is 1. The average Bonchev–Trinajstić information content (AvgIpc) is 3.21. The second-order valence-electron chi connectivity index (χ2n) is 4.91. The second kappa shape index (κ2) is 5.21. The van der Waals surface area contributed by atoms with Gasteiger partial charge in [0.2, 0.25) is 0 Å². The Morgan fingerprint density at radius 3 is 2.79 bits per heavy atom. The molecule has 3 rings (SSSR count). The number of nitrogens with zero attached hydrogens (tertiary/aromatic N) is 2. The van der Waals surface area contributed by atoms with Crippen molar-refractivity contribution in [3.63, 3.8) is 0 Å². The van der Waals surface area contributed by atoms with Gasteiger partial charge in [0.15, 0.2) is 0 Å². The third-order valence-corrected chi connectivity index (χ3v) is 3.92. The van der Waals surface area contributed by atoms with Gasteiger partial charge in [0, 0.05) is 24.5 Å². The summed E-state index contributed by atoms with van der Waals surface area (Å²) < 4.78 is 1.05. The highest BCUT2D eigenvalue weighted by atomic mass is 79.9. The van der Waals surface area contributed by atoms with Crippen molar-refractivity contribution >= 4 is 27.4 Å². The number of anilines is 2. The molecule has 0 amide bonds. The van der Waals surface area contributed by atoms with Gasteiger partial charge in [-0.2, -0.15) is 0 Å². The van der Waals surface area contributed by atoms with E-state index in [0.29, 0.717) is 6.04 Å². The number of hydrogen-bond donors (Lipinski definition) is 1. The van der Waals surface area contributed by atoms with E-state index in [2.05, 4.69) is 31.9 Å². The molecule has 0 radical (unpaired) electrons. The molecule has 2 N–H and O–H groups in total. The van der Waals surface area contributed by atoms with Crippen LogP contribution in [0.15, 0.2) is 47.1 Å². The summed E-state index contributed by atoms with van der Waals surface area (Å²) in [5.41, 5.74) is 7.89. The lowest BCUT2D eigenvalue weighted by molar-refractivity contribution is 0.776. The van der Waals surface area contributed by atoms with E-state index in [-0.39, 0.29) is 0 Å².